The van der Waals surface area contributed by atoms with Crippen LogP contribution in [-0.2, 0) is 14.8 Å². The third-order valence-electron chi connectivity index (χ3n) is 3.88. The van der Waals surface area contributed by atoms with Crippen LogP contribution in [-0.4, -0.2) is 41.0 Å². The molecule has 8 heteroatoms. The Hall–Kier alpha value is -2.68. The molecule has 28 heavy (non-hydrogen) atoms. The maximum atomic E-state index is 12.2. The highest BCUT2D eigenvalue weighted by Gasteiger charge is 2.07. The Kier molecular flexibility index (Phi) is 6.45. The number of benzene rings is 2. The van der Waals surface area contributed by atoms with Crippen LogP contribution < -0.4 is 14.9 Å². The monoisotopic (exact) mass is 403 g/mol. The van der Waals surface area contributed by atoms with Crippen molar-refractivity contribution in [3.05, 3.63) is 64.8 Å². The third kappa shape index (κ3) is 5.66. The zero-order chi connectivity index (χ0) is 20.0. The maximum Gasteiger partial charge on any atom is 0.208 e. The molecule has 0 saturated heterocycles. The van der Waals surface area contributed by atoms with Gasteiger partial charge in [0, 0.05) is 18.2 Å². The molecule has 1 aromatic heterocycles. The van der Waals surface area contributed by atoms with E-state index >= 15 is 0 Å². The van der Waals surface area contributed by atoms with E-state index in [4.69, 9.17) is 13.9 Å². The molecule has 7 nitrogen and oxygen atoms in total. The molecule has 1 N–H and O–H groups in total. The van der Waals surface area contributed by atoms with Gasteiger partial charge in [0.05, 0.1) is 24.9 Å². The number of hydrogen-bond donors (Lipinski definition) is 1. The summed E-state index contributed by atoms with van der Waals surface area (Å²) in [6.45, 7) is 1.18. The van der Waals surface area contributed by atoms with Gasteiger partial charge in [-0.15, -0.1) is 0 Å². The summed E-state index contributed by atoms with van der Waals surface area (Å²) in [4.78, 5) is 12.2. The first-order valence-electron chi connectivity index (χ1n) is 8.71. The van der Waals surface area contributed by atoms with Crippen LogP contribution in [0.5, 0.6) is 5.75 Å². The summed E-state index contributed by atoms with van der Waals surface area (Å²) in [7, 11) is -3.19. The largest absolute Gasteiger partial charge is 0.491 e. The fraction of sp³-hybridized carbons (Fsp3) is 0.250. The van der Waals surface area contributed by atoms with Gasteiger partial charge in [0.15, 0.2) is 5.43 Å². The molecule has 2 aromatic carbocycles. The first-order valence-corrected chi connectivity index (χ1v) is 10.6. The van der Waals surface area contributed by atoms with Gasteiger partial charge in [-0.3, -0.25) is 4.79 Å². The average Bonchev–Trinajstić information content (AvgIpc) is 2.67. The summed E-state index contributed by atoms with van der Waals surface area (Å²) in [6, 6.07) is 15.8. The molecule has 0 aliphatic heterocycles. The predicted molar refractivity (Wildman–Crippen MR) is 107 cm³/mol. The van der Waals surface area contributed by atoms with E-state index in [1.165, 1.54) is 6.07 Å². The Morgan fingerprint density at radius 3 is 2.50 bits per heavy atom. The quantitative estimate of drug-likeness (QED) is 0.552. The molecule has 0 aliphatic rings. The summed E-state index contributed by atoms with van der Waals surface area (Å²) in [5.74, 6) is 1.15. The van der Waals surface area contributed by atoms with Crippen molar-refractivity contribution in [1.82, 2.24) is 4.72 Å². The van der Waals surface area contributed by atoms with Crippen molar-refractivity contribution >= 4 is 21.0 Å². The summed E-state index contributed by atoms with van der Waals surface area (Å²) in [5.41, 5.74) is 1.24. The Morgan fingerprint density at radius 1 is 1.00 bits per heavy atom. The fourth-order valence-electron chi connectivity index (χ4n) is 2.58. The first kappa shape index (κ1) is 20.1. The van der Waals surface area contributed by atoms with E-state index in [-0.39, 0.29) is 18.6 Å². The van der Waals surface area contributed by atoms with Crippen molar-refractivity contribution in [2.45, 2.75) is 0 Å². The SMILES string of the molecule is CS(=O)(=O)NCCOCCOc1ccc(-c2cc(=O)c3ccccc3o2)cc1. The predicted octanol–water partition coefficient (Wildman–Crippen LogP) is 2.40. The van der Waals surface area contributed by atoms with Crippen molar-refractivity contribution < 1.29 is 22.3 Å². The highest BCUT2D eigenvalue weighted by Crippen LogP contribution is 2.24. The van der Waals surface area contributed by atoms with Gasteiger partial charge in [0.1, 0.15) is 23.7 Å². The van der Waals surface area contributed by atoms with Crippen LogP contribution in [0.3, 0.4) is 0 Å². The van der Waals surface area contributed by atoms with Crippen molar-refractivity contribution in [3.8, 4) is 17.1 Å². The number of ether oxygens (including phenoxy) is 2. The van der Waals surface area contributed by atoms with E-state index in [2.05, 4.69) is 4.72 Å². The molecule has 0 fully saturated rings. The fourth-order valence-corrected chi connectivity index (χ4v) is 3.04. The lowest BCUT2D eigenvalue weighted by Gasteiger charge is -2.08. The van der Waals surface area contributed by atoms with E-state index in [1.54, 1.807) is 30.3 Å². The number of fused-ring (bicyclic) bond motifs is 1. The van der Waals surface area contributed by atoms with Gasteiger partial charge in [-0.1, -0.05) is 12.1 Å². The Labute approximate surface area is 162 Å². The van der Waals surface area contributed by atoms with Gasteiger partial charge in [-0.2, -0.15) is 0 Å². The number of para-hydroxylation sites is 1. The van der Waals surface area contributed by atoms with E-state index in [1.807, 2.05) is 18.2 Å². The molecule has 0 radical (unpaired) electrons. The summed E-state index contributed by atoms with van der Waals surface area (Å²) in [5, 5.41) is 0.554. The minimum absolute atomic E-state index is 0.0836. The Balaban J connectivity index is 1.52. The molecule has 148 valence electrons. The van der Waals surface area contributed by atoms with Gasteiger partial charge in [0.2, 0.25) is 10.0 Å². The van der Waals surface area contributed by atoms with Crippen molar-refractivity contribution in [3.63, 3.8) is 0 Å². The van der Waals surface area contributed by atoms with E-state index in [0.717, 1.165) is 11.8 Å². The zero-order valence-corrected chi connectivity index (χ0v) is 16.2. The molecule has 0 saturated carbocycles. The smallest absolute Gasteiger partial charge is 0.208 e. The molecule has 3 aromatic rings. The van der Waals surface area contributed by atoms with Gasteiger partial charge < -0.3 is 13.9 Å². The zero-order valence-electron chi connectivity index (χ0n) is 15.4. The molecule has 0 aliphatic carbocycles. The maximum absolute atomic E-state index is 12.2. The van der Waals surface area contributed by atoms with Crippen LogP contribution in [0.25, 0.3) is 22.3 Å². The normalized spacial score (nSPS) is 11.6. The van der Waals surface area contributed by atoms with Crippen LogP contribution in [0.4, 0.5) is 0 Å². The summed E-state index contributed by atoms with van der Waals surface area (Å²) in [6.07, 6.45) is 1.10. The third-order valence-corrected chi connectivity index (χ3v) is 4.61. The average molecular weight is 403 g/mol. The highest BCUT2D eigenvalue weighted by molar-refractivity contribution is 7.88. The van der Waals surface area contributed by atoms with Gasteiger partial charge in [-0.25, -0.2) is 13.1 Å². The lowest BCUT2D eigenvalue weighted by Crippen LogP contribution is -2.26. The molecule has 0 spiro atoms. The van der Waals surface area contributed by atoms with Crippen LogP contribution in [0.2, 0.25) is 0 Å². The first-order chi connectivity index (χ1) is 13.4. The van der Waals surface area contributed by atoms with Crippen molar-refractivity contribution in [2.75, 3.05) is 32.6 Å². The van der Waals surface area contributed by atoms with Crippen LogP contribution in [0.15, 0.2) is 63.8 Å². The van der Waals surface area contributed by atoms with Crippen LogP contribution in [0, 0.1) is 0 Å². The minimum atomic E-state index is -3.19. The lowest BCUT2D eigenvalue weighted by molar-refractivity contribution is 0.104. The number of nitrogens with one attached hydrogen (secondary N) is 1. The topological polar surface area (TPSA) is 94.8 Å². The van der Waals surface area contributed by atoms with E-state index < -0.39 is 10.0 Å². The molecule has 0 amide bonds. The highest BCUT2D eigenvalue weighted by atomic mass is 32.2. The number of hydrogen-bond acceptors (Lipinski definition) is 6. The molecular formula is C20H21NO6S. The molecule has 0 atom stereocenters. The Morgan fingerprint density at radius 2 is 1.75 bits per heavy atom. The summed E-state index contributed by atoms with van der Waals surface area (Å²) >= 11 is 0. The van der Waals surface area contributed by atoms with Crippen molar-refractivity contribution in [2.24, 2.45) is 0 Å². The molecule has 3 rings (SSSR count). The minimum Gasteiger partial charge on any atom is -0.491 e. The molecule has 1 heterocycles. The molecule has 0 bridgehead atoms. The van der Waals surface area contributed by atoms with E-state index in [9.17, 15) is 13.2 Å². The number of rotatable bonds is 9. The van der Waals surface area contributed by atoms with Crippen LogP contribution >= 0.6 is 0 Å². The number of sulfonamides is 1. The van der Waals surface area contributed by atoms with Gasteiger partial charge in [0.25, 0.3) is 0 Å². The molecule has 0 unspecified atom stereocenters. The standard InChI is InChI=1S/C20H21NO6S/c1-28(23,24)21-10-11-25-12-13-26-16-8-6-15(7-9-16)20-14-18(22)17-4-2-3-5-19(17)27-20/h2-9,14,21H,10-13H2,1H3. The second-order valence-corrected chi connectivity index (χ2v) is 7.96. The molecular weight excluding hydrogens is 382 g/mol. The lowest BCUT2D eigenvalue weighted by atomic mass is 10.1. The van der Waals surface area contributed by atoms with Gasteiger partial charge >= 0.3 is 0 Å². The van der Waals surface area contributed by atoms with Gasteiger partial charge in [-0.05, 0) is 36.4 Å². The van der Waals surface area contributed by atoms with E-state index in [0.29, 0.717) is 35.7 Å². The van der Waals surface area contributed by atoms with Crippen molar-refractivity contribution in [1.29, 1.82) is 0 Å². The Bertz CT molecular complexity index is 1090. The van der Waals surface area contributed by atoms with Crippen LogP contribution in [0.1, 0.15) is 0 Å². The second kappa shape index (κ2) is 9.01. The second-order valence-electron chi connectivity index (χ2n) is 6.12. The summed E-state index contributed by atoms with van der Waals surface area (Å²) < 4.78 is 40.8.